The van der Waals surface area contributed by atoms with Crippen molar-refractivity contribution in [3.63, 3.8) is 0 Å². The lowest BCUT2D eigenvalue weighted by atomic mass is 9.77. The van der Waals surface area contributed by atoms with Gasteiger partial charge in [0.1, 0.15) is 0 Å². The van der Waals surface area contributed by atoms with Crippen LogP contribution in [0.15, 0.2) is 16.8 Å². The van der Waals surface area contributed by atoms with E-state index in [4.69, 9.17) is 0 Å². The standard InChI is InChI=1S/C18H24N2O3S/c1-13-10-19(15(21)9-17(23)4-2-5-17)12-18(13)6-7-20(16(18)22)14-3-8-24-11-14/h3,8,11,13,23H,2,4-7,9-10,12H2,1H3/t13-,18-/m1/s1. The number of hydrogen-bond acceptors (Lipinski definition) is 4. The number of hydrogen-bond donors (Lipinski definition) is 1. The zero-order valence-corrected chi connectivity index (χ0v) is 14.8. The number of amides is 2. The molecule has 3 heterocycles. The Bertz CT molecular complexity index is 655. The molecule has 2 saturated heterocycles. The fraction of sp³-hybridized carbons (Fsp3) is 0.667. The summed E-state index contributed by atoms with van der Waals surface area (Å²) in [6, 6.07) is 1.98. The van der Waals surface area contributed by atoms with Crippen molar-refractivity contribution in [2.45, 2.75) is 44.6 Å². The van der Waals surface area contributed by atoms with Gasteiger partial charge in [0.2, 0.25) is 11.8 Å². The van der Waals surface area contributed by atoms with Crippen LogP contribution in [0.2, 0.25) is 0 Å². The molecule has 1 aliphatic carbocycles. The molecule has 6 heteroatoms. The second-order valence-corrected chi connectivity index (χ2v) is 8.55. The maximum Gasteiger partial charge on any atom is 0.235 e. The summed E-state index contributed by atoms with van der Waals surface area (Å²) >= 11 is 1.59. The maximum absolute atomic E-state index is 13.1. The lowest BCUT2D eigenvalue weighted by Gasteiger charge is -2.37. The van der Waals surface area contributed by atoms with Crippen LogP contribution in [0.25, 0.3) is 0 Å². The Balaban J connectivity index is 1.48. The highest BCUT2D eigenvalue weighted by Crippen LogP contribution is 2.46. The van der Waals surface area contributed by atoms with Crippen LogP contribution < -0.4 is 4.90 Å². The van der Waals surface area contributed by atoms with E-state index in [0.29, 0.717) is 13.1 Å². The van der Waals surface area contributed by atoms with E-state index in [9.17, 15) is 14.7 Å². The summed E-state index contributed by atoms with van der Waals surface area (Å²) in [5, 5.41) is 14.3. The average Bonchev–Trinajstić information content (AvgIpc) is 3.21. The lowest BCUT2D eigenvalue weighted by Crippen LogP contribution is -2.44. The third-order valence-corrected chi connectivity index (χ3v) is 6.97. The van der Waals surface area contributed by atoms with Gasteiger partial charge in [-0.1, -0.05) is 6.92 Å². The summed E-state index contributed by atoms with van der Waals surface area (Å²) in [6.45, 7) is 3.94. The first-order valence-electron chi connectivity index (χ1n) is 8.78. The number of carbonyl (C=O) groups excluding carboxylic acids is 2. The molecule has 2 amide bonds. The molecule has 0 bridgehead atoms. The van der Waals surface area contributed by atoms with Crippen LogP contribution in [0.5, 0.6) is 0 Å². The molecule has 3 fully saturated rings. The Kier molecular flexibility index (Phi) is 3.73. The van der Waals surface area contributed by atoms with Gasteiger partial charge in [-0.3, -0.25) is 9.59 Å². The Morgan fingerprint density at radius 1 is 1.42 bits per heavy atom. The van der Waals surface area contributed by atoms with Crippen molar-refractivity contribution in [3.8, 4) is 0 Å². The van der Waals surface area contributed by atoms with Crippen LogP contribution >= 0.6 is 11.3 Å². The van der Waals surface area contributed by atoms with Crippen molar-refractivity contribution >= 4 is 28.8 Å². The maximum atomic E-state index is 13.1. The van der Waals surface area contributed by atoms with Crippen LogP contribution in [0.4, 0.5) is 5.69 Å². The van der Waals surface area contributed by atoms with Gasteiger partial charge in [0.15, 0.2) is 0 Å². The van der Waals surface area contributed by atoms with E-state index in [1.165, 1.54) is 0 Å². The zero-order valence-electron chi connectivity index (χ0n) is 14.0. The zero-order chi connectivity index (χ0) is 16.9. The average molecular weight is 348 g/mol. The molecule has 0 radical (unpaired) electrons. The third kappa shape index (κ3) is 2.39. The Labute approximate surface area is 146 Å². The van der Waals surface area contributed by atoms with Gasteiger partial charge in [0.25, 0.3) is 0 Å². The molecule has 1 aromatic rings. The van der Waals surface area contributed by atoms with Crippen molar-refractivity contribution in [2.75, 3.05) is 24.5 Å². The quantitative estimate of drug-likeness (QED) is 0.911. The first kappa shape index (κ1) is 16.1. The van der Waals surface area contributed by atoms with E-state index in [2.05, 4.69) is 6.92 Å². The highest BCUT2D eigenvalue weighted by Gasteiger charge is 2.56. The number of rotatable bonds is 3. The summed E-state index contributed by atoms with van der Waals surface area (Å²) in [5.41, 5.74) is -0.263. The van der Waals surface area contributed by atoms with Crippen LogP contribution in [0, 0.1) is 11.3 Å². The smallest absolute Gasteiger partial charge is 0.235 e. The minimum atomic E-state index is -0.793. The van der Waals surface area contributed by atoms with Crippen molar-refractivity contribution in [1.29, 1.82) is 0 Å². The molecule has 0 unspecified atom stereocenters. The first-order valence-corrected chi connectivity index (χ1v) is 9.72. The highest BCUT2D eigenvalue weighted by atomic mass is 32.1. The molecule has 5 nitrogen and oxygen atoms in total. The SMILES string of the molecule is C[C@@H]1CN(C(=O)CC2(O)CCC2)C[C@]12CCN(c1ccsc1)C2=O. The topological polar surface area (TPSA) is 60.9 Å². The summed E-state index contributed by atoms with van der Waals surface area (Å²) in [6.07, 6.45) is 3.45. The predicted octanol–water partition coefficient (Wildman–Crippen LogP) is 2.25. The van der Waals surface area contributed by atoms with Gasteiger partial charge >= 0.3 is 0 Å². The summed E-state index contributed by atoms with van der Waals surface area (Å²) in [7, 11) is 0. The van der Waals surface area contributed by atoms with E-state index < -0.39 is 11.0 Å². The van der Waals surface area contributed by atoms with E-state index in [0.717, 1.165) is 37.9 Å². The molecule has 4 rings (SSSR count). The van der Waals surface area contributed by atoms with Crippen LogP contribution in [-0.2, 0) is 9.59 Å². The molecule has 3 aliphatic rings. The van der Waals surface area contributed by atoms with Crippen LogP contribution in [0.3, 0.4) is 0 Å². The molecule has 1 saturated carbocycles. The molecule has 2 aliphatic heterocycles. The number of anilines is 1. The Hall–Kier alpha value is -1.40. The van der Waals surface area contributed by atoms with Gasteiger partial charge in [-0.25, -0.2) is 0 Å². The van der Waals surface area contributed by atoms with E-state index >= 15 is 0 Å². The minimum Gasteiger partial charge on any atom is -0.389 e. The second-order valence-electron chi connectivity index (χ2n) is 7.77. The molecule has 1 spiro atoms. The highest BCUT2D eigenvalue weighted by molar-refractivity contribution is 7.08. The van der Waals surface area contributed by atoms with Crippen molar-refractivity contribution in [3.05, 3.63) is 16.8 Å². The molecular formula is C18H24N2O3S. The van der Waals surface area contributed by atoms with Gasteiger partial charge in [0.05, 0.1) is 23.1 Å². The van der Waals surface area contributed by atoms with Crippen LogP contribution in [-0.4, -0.2) is 47.1 Å². The Morgan fingerprint density at radius 2 is 2.21 bits per heavy atom. The molecule has 2 atom stereocenters. The molecule has 0 aromatic carbocycles. The van der Waals surface area contributed by atoms with Gasteiger partial charge in [-0.05, 0) is 43.0 Å². The van der Waals surface area contributed by atoms with Crippen molar-refractivity contribution in [1.82, 2.24) is 4.90 Å². The fourth-order valence-corrected chi connectivity index (χ4v) is 5.10. The fourth-order valence-electron chi connectivity index (χ4n) is 4.46. The van der Waals surface area contributed by atoms with E-state index in [1.54, 1.807) is 11.3 Å². The van der Waals surface area contributed by atoms with Crippen molar-refractivity contribution < 1.29 is 14.7 Å². The molecule has 130 valence electrons. The largest absolute Gasteiger partial charge is 0.389 e. The minimum absolute atomic E-state index is 0.00251. The number of thiophene rings is 1. The molecule has 24 heavy (non-hydrogen) atoms. The van der Waals surface area contributed by atoms with Gasteiger partial charge in [-0.15, -0.1) is 0 Å². The van der Waals surface area contributed by atoms with E-state index in [1.807, 2.05) is 26.6 Å². The van der Waals surface area contributed by atoms with Gasteiger partial charge in [-0.2, -0.15) is 11.3 Å². The first-order chi connectivity index (χ1) is 11.4. The van der Waals surface area contributed by atoms with Crippen LogP contribution in [0.1, 0.15) is 39.0 Å². The van der Waals surface area contributed by atoms with Gasteiger partial charge < -0.3 is 14.9 Å². The molecular weight excluding hydrogens is 324 g/mol. The summed E-state index contributed by atoms with van der Waals surface area (Å²) in [5.74, 6) is 0.322. The summed E-state index contributed by atoms with van der Waals surface area (Å²) in [4.78, 5) is 29.4. The third-order valence-electron chi connectivity index (χ3n) is 6.30. The normalized spacial score (nSPS) is 31.8. The number of aliphatic hydroxyl groups is 1. The number of carbonyl (C=O) groups is 2. The summed E-state index contributed by atoms with van der Waals surface area (Å²) < 4.78 is 0. The Morgan fingerprint density at radius 3 is 2.83 bits per heavy atom. The predicted molar refractivity (Wildman–Crippen MR) is 92.9 cm³/mol. The number of nitrogens with zero attached hydrogens (tertiary/aromatic N) is 2. The molecule has 1 N–H and O–H groups in total. The molecule has 1 aromatic heterocycles. The lowest BCUT2D eigenvalue weighted by molar-refractivity contribution is -0.140. The van der Waals surface area contributed by atoms with Gasteiger partial charge in [0, 0.05) is 25.0 Å². The number of likely N-dealkylation sites (tertiary alicyclic amines) is 1. The van der Waals surface area contributed by atoms with E-state index in [-0.39, 0.29) is 24.2 Å². The van der Waals surface area contributed by atoms with Crippen molar-refractivity contribution in [2.24, 2.45) is 11.3 Å². The second kappa shape index (κ2) is 5.56. The monoisotopic (exact) mass is 348 g/mol.